The lowest BCUT2D eigenvalue weighted by Crippen LogP contribution is -2.14. The summed E-state index contributed by atoms with van der Waals surface area (Å²) in [6.07, 6.45) is 7.50. The van der Waals surface area contributed by atoms with Crippen molar-refractivity contribution in [3.05, 3.63) is 48.0 Å². The number of hydrogen-bond acceptors (Lipinski definition) is 1. The van der Waals surface area contributed by atoms with Crippen LogP contribution in [-0.2, 0) is 11.3 Å². The van der Waals surface area contributed by atoms with Crippen LogP contribution in [0.3, 0.4) is 0 Å². The van der Waals surface area contributed by atoms with E-state index < -0.39 is 0 Å². The van der Waals surface area contributed by atoms with Crippen molar-refractivity contribution in [2.75, 3.05) is 6.61 Å². The molecule has 0 N–H and O–H groups in total. The zero-order valence-electron chi connectivity index (χ0n) is 9.51. The standard InChI is InChI=1S/C15H18O/c1-2-4-12(5-3-1)10-16-11-15-9-13-6-7-14(15)8-13/h1-7,13-15H,8-11H2/t13-,14+,15+/m0/s1. The van der Waals surface area contributed by atoms with Crippen molar-refractivity contribution in [2.24, 2.45) is 17.8 Å². The van der Waals surface area contributed by atoms with Gasteiger partial charge in [-0.2, -0.15) is 0 Å². The number of rotatable bonds is 4. The van der Waals surface area contributed by atoms with E-state index in [1.165, 1.54) is 18.4 Å². The Morgan fingerprint density at radius 2 is 1.94 bits per heavy atom. The lowest BCUT2D eigenvalue weighted by atomic mass is 9.95. The molecule has 16 heavy (non-hydrogen) atoms. The summed E-state index contributed by atoms with van der Waals surface area (Å²) in [6, 6.07) is 10.4. The highest BCUT2D eigenvalue weighted by atomic mass is 16.5. The smallest absolute Gasteiger partial charge is 0.0717 e. The van der Waals surface area contributed by atoms with E-state index in [0.717, 1.165) is 31.0 Å². The molecule has 1 aromatic carbocycles. The predicted octanol–water partition coefficient (Wildman–Crippen LogP) is 3.42. The van der Waals surface area contributed by atoms with Crippen LogP contribution in [0.15, 0.2) is 42.5 Å². The minimum absolute atomic E-state index is 0.762. The van der Waals surface area contributed by atoms with E-state index in [0.29, 0.717) is 0 Å². The molecule has 1 saturated carbocycles. The van der Waals surface area contributed by atoms with Gasteiger partial charge in [0.05, 0.1) is 13.2 Å². The van der Waals surface area contributed by atoms with Gasteiger partial charge in [-0.15, -0.1) is 0 Å². The molecule has 2 bridgehead atoms. The number of allylic oxidation sites excluding steroid dienone is 2. The molecule has 0 aliphatic heterocycles. The first-order valence-electron chi connectivity index (χ1n) is 6.22. The van der Waals surface area contributed by atoms with Gasteiger partial charge in [-0.05, 0) is 36.2 Å². The minimum Gasteiger partial charge on any atom is -0.376 e. The molecule has 0 saturated heterocycles. The summed E-state index contributed by atoms with van der Waals surface area (Å²) in [6.45, 7) is 1.69. The second-order valence-electron chi connectivity index (χ2n) is 5.04. The van der Waals surface area contributed by atoms with Crippen LogP contribution in [0.4, 0.5) is 0 Å². The first kappa shape index (κ1) is 10.1. The maximum Gasteiger partial charge on any atom is 0.0717 e. The zero-order chi connectivity index (χ0) is 10.8. The van der Waals surface area contributed by atoms with E-state index in [9.17, 15) is 0 Å². The average molecular weight is 214 g/mol. The van der Waals surface area contributed by atoms with Gasteiger partial charge in [-0.1, -0.05) is 42.5 Å². The average Bonchev–Trinajstić information content (AvgIpc) is 2.92. The molecule has 0 radical (unpaired) electrons. The Kier molecular flexibility index (Phi) is 2.79. The molecule has 1 fully saturated rings. The Bertz CT molecular complexity index is 368. The fraction of sp³-hybridized carbons (Fsp3) is 0.467. The highest BCUT2D eigenvalue weighted by Gasteiger charge is 2.35. The van der Waals surface area contributed by atoms with Crippen LogP contribution in [0.1, 0.15) is 18.4 Å². The number of ether oxygens (including phenoxy) is 1. The van der Waals surface area contributed by atoms with E-state index >= 15 is 0 Å². The molecule has 2 aliphatic carbocycles. The molecule has 2 aliphatic rings. The molecule has 3 rings (SSSR count). The van der Waals surface area contributed by atoms with Crippen LogP contribution >= 0.6 is 0 Å². The minimum atomic E-state index is 0.762. The summed E-state index contributed by atoms with van der Waals surface area (Å²) in [5.41, 5.74) is 1.28. The van der Waals surface area contributed by atoms with Gasteiger partial charge in [0.1, 0.15) is 0 Å². The molecular weight excluding hydrogens is 196 g/mol. The quantitative estimate of drug-likeness (QED) is 0.698. The summed E-state index contributed by atoms with van der Waals surface area (Å²) in [4.78, 5) is 0. The third-order valence-electron chi connectivity index (χ3n) is 3.86. The molecule has 0 amide bonds. The van der Waals surface area contributed by atoms with Crippen molar-refractivity contribution in [3.8, 4) is 0 Å². The molecular formula is C15H18O. The zero-order valence-corrected chi connectivity index (χ0v) is 9.51. The van der Waals surface area contributed by atoms with Crippen LogP contribution in [0.5, 0.6) is 0 Å². The Labute approximate surface area is 97.1 Å². The SMILES string of the molecule is C1=C[C@@H]2C[C@H]1C[C@@H]2COCc1ccccc1. The molecule has 1 aromatic rings. The summed E-state index contributed by atoms with van der Waals surface area (Å²) in [5, 5.41) is 0. The summed E-state index contributed by atoms with van der Waals surface area (Å²) < 4.78 is 5.82. The van der Waals surface area contributed by atoms with Crippen molar-refractivity contribution in [3.63, 3.8) is 0 Å². The Morgan fingerprint density at radius 1 is 1.06 bits per heavy atom. The van der Waals surface area contributed by atoms with E-state index in [2.05, 4.69) is 36.4 Å². The van der Waals surface area contributed by atoms with Crippen LogP contribution in [0.25, 0.3) is 0 Å². The van der Waals surface area contributed by atoms with Gasteiger partial charge < -0.3 is 4.74 Å². The maximum absolute atomic E-state index is 5.82. The topological polar surface area (TPSA) is 9.23 Å². The molecule has 84 valence electrons. The van der Waals surface area contributed by atoms with Crippen molar-refractivity contribution in [2.45, 2.75) is 19.4 Å². The lowest BCUT2D eigenvalue weighted by Gasteiger charge is -2.17. The third kappa shape index (κ3) is 2.05. The van der Waals surface area contributed by atoms with E-state index in [-0.39, 0.29) is 0 Å². The summed E-state index contributed by atoms with van der Waals surface area (Å²) in [7, 11) is 0. The van der Waals surface area contributed by atoms with Gasteiger partial charge in [-0.25, -0.2) is 0 Å². The summed E-state index contributed by atoms with van der Waals surface area (Å²) in [5.74, 6) is 2.44. The molecule has 0 unspecified atom stereocenters. The molecule has 0 heterocycles. The van der Waals surface area contributed by atoms with E-state index in [1.54, 1.807) is 0 Å². The number of benzene rings is 1. The van der Waals surface area contributed by atoms with Crippen molar-refractivity contribution >= 4 is 0 Å². The van der Waals surface area contributed by atoms with Gasteiger partial charge in [-0.3, -0.25) is 0 Å². The van der Waals surface area contributed by atoms with Crippen molar-refractivity contribution in [1.29, 1.82) is 0 Å². The third-order valence-corrected chi connectivity index (χ3v) is 3.86. The Balaban J connectivity index is 1.46. The second-order valence-corrected chi connectivity index (χ2v) is 5.04. The maximum atomic E-state index is 5.82. The van der Waals surface area contributed by atoms with Gasteiger partial charge in [0.25, 0.3) is 0 Å². The number of hydrogen-bond donors (Lipinski definition) is 0. The van der Waals surface area contributed by atoms with Gasteiger partial charge >= 0.3 is 0 Å². The predicted molar refractivity (Wildman–Crippen MR) is 64.9 cm³/mol. The first-order valence-corrected chi connectivity index (χ1v) is 6.22. The fourth-order valence-electron chi connectivity index (χ4n) is 2.99. The van der Waals surface area contributed by atoms with Crippen LogP contribution in [0, 0.1) is 17.8 Å². The molecule has 3 atom stereocenters. The molecule has 0 aromatic heterocycles. The second kappa shape index (κ2) is 4.42. The van der Waals surface area contributed by atoms with Crippen molar-refractivity contribution < 1.29 is 4.74 Å². The first-order chi connectivity index (χ1) is 7.92. The van der Waals surface area contributed by atoms with Crippen molar-refractivity contribution in [1.82, 2.24) is 0 Å². The summed E-state index contributed by atoms with van der Waals surface area (Å²) >= 11 is 0. The van der Waals surface area contributed by atoms with E-state index in [4.69, 9.17) is 4.74 Å². The van der Waals surface area contributed by atoms with Crippen LogP contribution in [-0.4, -0.2) is 6.61 Å². The normalized spacial score (nSPS) is 31.1. The highest BCUT2D eigenvalue weighted by Crippen LogP contribution is 2.43. The Hall–Kier alpha value is -1.08. The lowest BCUT2D eigenvalue weighted by molar-refractivity contribution is 0.0788. The monoisotopic (exact) mass is 214 g/mol. The van der Waals surface area contributed by atoms with Crippen LogP contribution in [0.2, 0.25) is 0 Å². The number of fused-ring (bicyclic) bond motifs is 2. The van der Waals surface area contributed by atoms with Gasteiger partial charge in [0, 0.05) is 0 Å². The Morgan fingerprint density at radius 3 is 2.62 bits per heavy atom. The largest absolute Gasteiger partial charge is 0.376 e. The molecule has 1 nitrogen and oxygen atoms in total. The van der Waals surface area contributed by atoms with Crippen LogP contribution < -0.4 is 0 Å². The highest BCUT2D eigenvalue weighted by molar-refractivity contribution is 5.13. The fourth-order valence-corrected chi connectivity index (χ4v) is 2.99. The van der Waals surface area contributed by atoms with Gasteiger partial charge in [0.2, 0.25) is 0 Å². The van der Waals surface area contributed by atoms with E-state index in [1.807, 2.05) is 6.07 Å². The van der Waals surface area contributed by atoms with Gasteiger partial charge in [0.15, 0.2) is 0 Å². The molecule has 0 spiro atoms. The molecule has 1 heteroatoms.